The van der Waals surface area contributed by atoms with Crippen molar-refractivity contribution in [3.63, 3.8) is 0 Å². The summed E-state index contributed by atoms with van der Waals surface area (Å²) in [6, 6.07) is 7.89. The maximum atomic E-state index is 12.2. The molecule has 0 aromatic heterocycles. The highest BCUT2D eigenvalue weighted by Crippen LogP contribution is 2.28. The highest BCUT2D eigenvalue weighted by atomic mass is 32.2. The van der Waals surface area contributed by atoms with Gasteiger partial charge < -0.3 is 0 Å². The summed E-state index contributed by atoms with van der Waals surface area (Å²) >= 11 is 0. The highest BCUT2D eigenvalue weighted by molar-refractivity contribution is 7.88. The van der Waals surface area contributed by atoms with Crippen LogP contribution in [0.4, 0.5) is 0 Å². The van der Waals surface area contributed by atoms with Crippen molar-refractivity contribution in [2.75, 3.05) is 0 Å². The lowest BCUT2D eigenvalue weighted by molar-refractivity contribution is 0.489. The minimum atomic E-state index is -1.03. The standard InChI is InChI=1S/C15H22OS/c1-6-13(15(3,4)5)11-17(16)14-9-7-12(2)8-10-14/h7-11H,6H2,1-5H3/b13-11-. The van der Waals surface area contributed by atoms with Crippen molar-refractivity contribution in [3.8, 4) is 0 Å². The van der Waals surface area contributed by atoms with Gasteiger partial charge in [0, 0.05) is 10.3 Å². The van der Waals surface area contributed by atoms with E-state index in [-0.39, 0.29) is 5.41 Å². The molecule has 1 rings (SSSR count). The second-order valence-electron chi connectivity index (χ2n) is 5.36. The topological polar surface area (TPSA) is 17.1 Å². The molecule has 2 heteroatoms. The Morgan fingerprint density at radius 2 is 1.76 bits per heavy atom. The minimum Gasteiger partial charge on any atom is -0.250 e. The average Bonchev–Trinajstić information content (AvgIpc) is 2.24. The summed E-state index contributed by atoms with van der Waals surface area (Å²) in [6.07, 6.45) is 0.946. The molecule has 0 radical (unpaired) electrons. The zero-order chi connectivity index (χ0) is 13.1. The van der Waals surface area contributed by atoms with Gasteiger partial charge in [-0.05, 0) is 30.9 Å². The van der Waals surface area contributed by atoms with Gasteiger partial charge in [-0.1, -0.05) is 51.0 Å². The van der Waals surface area contributed by atoms with Gasteiger partial charge in [0.1, 0.15) is 0 Å². The fourth-order valence-electron chi connectivity index (χ4n) is 1.66. The summed E-state index contributed by atoms with van der Waals surface area (Å²) in [6.45, 7) is 10.6. The van der Waals surface area contributed by atoms with E-state index in [0.29, 0.717) is 0 Å². The van der Waals surface area contributed by atoms with Gasteiger partial charge in [-0.3, -0.25) is 0 Å². The van der Waals surface area contributed by atoms with Gasteiger partial charge in [0.25, 0.3) is 0 Å². The zero-order valence-electron chi connectivity index (χ0n) is 11.4. The molecule has 1 aromatic rings. The fourth-order valence-corrected chi connectivity index (χ4v) is 2.98. The van der Waals surface area contributed by atoms with Gasteiger partial charge in [-0.25, -0.2) is 4.21 Å². The SMILES string of the molecule is CC/C(=C/S(=O)c1ccc(C)cc1)C(C)(C)C. The van der Waals surface area contributed by atoms with Crippen molar-refractivity contribution >= 4 is 10.8 Å². The molecule has 1 unspecified atom stereocenters. The largest absolute Gasteiger partial charge is 0.250 e. The van der Waals surface area contributed by atoms with E-state index in [1.807, 2.05) is 36.6 Å². The number of rotatable bonds is 3. The highest BCUT2D eigenvalue weighted by Gasteiger charge is 2.16. The van der Waals surface area contributed by atoms with Gasteiger partial charge in [-0.15, -0.1) is 0 Å². The van der Waals surface area contributed by atoms with Crippen molar-refractivity contribution in [2.24, 2.45) is 5.41 Å². The van der Waals surface area contributed by atoms with E-state index >= 15 is 0 Å². The van der Waals surface area contributed by atoms with Crippen LogP contribution in [-0.4, -0.2) is 4.21 Å². The Bertz CT molecular complexity index is 421. The van der Waals surface area contributed by atoms with Crippen LogP contribution >= 0.6 is 0 Å². The zero-order valence-corrected chi connectivity index (χ0v) is 12.2. The molecule has 0 N–H and O–H groups in total. The molecule has 17 heavy (non-hydrogen) atoms. The normalized spacial score (nSPS) is 14.8. The molecular formula is C15H22OS. The average molecular weight is 250 g/mol. The lowest BCUT2D eigenvalue weighted by Crippen LogP contribution is -2.09. The van der Waals surface area contributed by atoms with Crippen molar-refractivity contribution in [3.05, 3.63) is 40.8 Å². The molecule has 0 saturated heterocycles. The Morgan fingerprint density at radius 3 is 2.18 bits per heavy atom. The lowest BCUT2D eigenvalue weighted by atomic mass is 9.86. The third-order valence-corrected chi connectivity index (χ3v) is 4.08. The summed E-state index contributed by atoms with van der Waals surface area (Å²) < 4.78 is 12.2. The maximum Gasteiger partial charge on any atom is 0.0775 e. The van der Waals surface area contributed by atoms with Crippen LogP contribution in [0.15, 0.2) is 40.1 Å². The first-order chi connectivity index (χ1) is 7.84. The van der Waals surface area contributed by atoms with E-state index in [2.05, 4.69) is 27.7 Å². The molecule has 0 aliphatic carbocycles. The van der Waals surface area contributed by atoms with Gasteiger partial charge in [0.2, 0.25) is 0 Å². The Morgan fingerprint density at radius 1 is 1.24 bits per heavy atom. The molecular weight excluding hydrogens is 228 g/mol. The van der Waals surface area contributed by atoms with Gasteiger partial charge in [-0.2, -0.15) is 0 Å². The van der Waals surface area contributed by atoms with Crippen molar-refractivity contribution in [1.82, 2.24) is 0 Å². The van der Waals surface area contributed by atoms with Gasteiger partial charge in [0.05, 0.1) is 10.8 Å². The van der Waals surface area contributed by atoms with Crippen LogP contribution < -0.4 is 0 Å². The molecule has 1 aromatic carbocycles. The Hall–Kier alpha value is -0.890. The molecule has 0 fully saturated rings. The predicted molar refractivity (Wildman–Crippen MR) is 75.4 cm³/mol. The molecule has 94 valence electrons. The van der Waals surface area contributed by atoms with Crippen LogP contribution in [0.5, 0.6) is 0 Å². The number of benzene rings is 1. The van der Waals surface area contributed by atoms with E-state index < -0.39 is 10.8 Å². The van der Waals surface area contributed by atoms with Crippen LogP contribution in [-0.2, 0) is 10.8 Å². The number of hydrogen-bond donors (Lipinski definition) is 0. The molecule has 0 heterocycles. The number of aryl methyl sites for hydroxylation is 1. The molecule has 0 spiro atoms. The van der Waals surface area contributed by atoms with Crippen LogP contribution in [0.2, 0.25) is 0 Å². The first-order valence-electron chi connectivity index (χ1n) is 6.03. The van der Waals surface area contributed by atoms with E-state index in [1.165, 1.54) is 11.1 Å². The number of hydrogen-bond acceptors (Lipinski definition) is 1. The van der Waals surface area contributed by atoms with Crippen molar-refractivity contribution in [1.29, 1.82) is 0 Å². The predicted octanol–water partition coefficient (Wildman–Crippen LogP) is 4.44. The van der Waals surface area contributed by atoms with Crippen LogP contribution in [0.1, 0.15) is 39.7 Å². The first-order valence-corrected chi connectivity index (χ1v) is 7.24. The molecule has 1 atom stereocenters. The van der Waals surface area contributed by atoms with Crippen LogP contribution in [0, 0.1) is 12.3 Å². The van der Waals surface area contributed by atoms with Crippen LogP contribution in [0.3, 0.4) is 0 Å². The summed E-state index contributed by atoms with van der Waals surface area (Å²) in [5, 5.41) is 1.91. The summed E-state index contributed by atoms with van der Waals surface area (Å²) in [4.78, 5) is 0.880. The van der Waals surface area contributed by atoms with Crippen molar-refractivity contribution in [2.45, 2.75) is 45.9 Å². The summed E-state index contributed by atoms with van der Waals surface area (Å²) in [5.41, 5.74) is 2.53. The summed E-state index contributed by atoms with van der Waals surface area (Å²) in [5.74, 6) is 0. The molecule has 0 saturated carbocycles. The maximum absolute atomic E-state index is 12.2. The molecule has 1 nitrogen and oxygen atoms in total. The lowest BCUT2D eigenvalue weighted by Gasteiger charge is -2.21. The fraction of sp³-hybridized carbons (Fsp3) is 0.467. The molecule has 0 aliphatic rings. The van der Waals surface area contributed by atoms with Gasteiger partial charge in [0.15, 0.2) is 0 Å². The smallest absolute Gasteiger partial charge is 0.0775 e. The van der Waals surface area contributed by atoms with Gasteiger partial charge >= 0.3 is 0 Å². The Labute approximate surface area is 107 Å². The van der Waals surface area contributed by atoms with E-state index in [0.717, 1.165) is 11.3 Å². The quantitative estimate of drug-likeness (QED) is 0.775. The monoisotopic (exact) mass is 250 g/mol. The molecule has 0 aliphatic heterocycles. The third kappa shape index (κ3) is 4.12. The Balaban J connectivity index is 2.98. The second kappa shape index (κ2) is 5.63. The van der Waals surface area contributed by atoms with E-state index in [4.69, 9.17) is 0 Å². The van der Waals surface area contributed by atoms with E-state index in [9.17, 15) is 4.21 Å². The second-order valence-corrected chi connectivity index (χ2v) is 6.66. The van der Waals surface area contributed by atoms with Crippen molar-refractivity contribution < 1.29 is 4.21 Å². The van der Waals surface area contributed by atoms with E-state index in [1.54, 1.807) is 0 Å². The summed E-state index contributed by atoms with van der Waals surface area (Å²) in [7, 11) is -1.03. The molecule has 0 bridgehead atoms. The number of allylic oxidation sites excluding steroid dienone is 1. The minimum absolute atomic E-state index is 0.0924. The molecule has 0 amide bonds. The Kier molecular flexibility index (Phi) is 4.70. The van der Waals surface area contributed by atoms with Crippen LogP contribution in [0.25, 0.3) is 0 Å². The first kappa shape index (κ1) is 14.2. The third-order valence-electron chi connectivity index (χ3n) is 2.85.